The smallest absolute Gasteiger partial charge is 0.231 e. The fourth-order valence-electron chi connectivity index (χ4n) is 2.02. The molecule has 1 aromatic carbocycles. The largest absolute Gasteiger partial charge is 0.329 e. The number of hydrogen-bond acceptors (Lipinski definition) is 2. The third kappa shape index (κ3) is 2.57. The van der Waals surface area contributed by atoms with Crippen molar-refractivity contribution < 1.29 is 4.79 Å². The second-order valence-corrected chi connectivity index (χ2v) is 5.32. The average Bonchev–Trinajstić information content (AvgIpc) is 2.14. The van der Waals surface area contributed by atoms with Gasteiger partial charge in [0.2, 0.25) is 5.91 Å². The number of carbonyl (C=O) groups excluding carboxylic acids is 1. The van der Waals surface area contributed by atoms with Gasteiger partial charge in [-0.05, 0) is 31.0 Å². The Morgan fingerprint density at radius 2 is 1.88 bits per heavy atom. The summed E-state index contributed by atoms with van der Waals surface area (Å²) in [5, 5.41) is 3.84. The minimum atomic E-state index is -0.394. The van der Waals surface area contributed by atoms with Gasteiger partial charge in [0, 0.05) is 22.3 Å². The maximum absolute atomic E-state index is 12.1. The number of anilines is 1. The number of halogens is 2. The molecule has 0 heterocycles. The molecule has 1 fully saturated rings. The lowest BCUT2D eigenvalue weighted by molar-refractivity contribution is -0.129. The predicted octanol–water partition coefficient (Wildman–Crippen LogP) is 3.06. The molecule has 5 heteroatoms. The quantitative estimate of drug-likeness (QED) is 0.889. The van der Waals surface area contributed by atoms with Gasteiger partial charge in [-0.2, -0.15) is 0 Å². The van der Waals surface area contributed by atoms with Gasteiger partial charge >= 0.3 is 0 Å². The van der Waals surface area contributed by atoms with Crippen LogP contribution in [-0.2, 0) is 4.79 Å². The fraction of sp³-hybridized carbons (Fsp3) is 0.417. The molecule has 0 aliphatic heterocycles. The Morgan fingerprint density at radius 3 is 2.29 bits per heavy atom. The van der Waals surface area contributed by atoms with E-state index in [0.29, 0.717) is 22.3 Å². The Kier molecular flexibility index (Phi) is 3.61. The third-order valence-electron chi connectivity index (χ3n) is 3.30. The van der Waals surface area contributed by atoms with Crippen LogP contribution in [0.2, 0.25) is 10.0 Å². The molecule has 0 spiro atoms. The second-order valence-electron chi connectivity index (χ2n) is 4.45. The van der Waals surface area contributed by atoms with Crippen LogP contribution in [0.5, 0.6) is 0 Å². The van der Waals surface area contributed by atoms with Crippen LogP contribution < -0.4 is 11.1 Å². The number of amides is 1. The van der Waals surface area contributed by atoms with Gasteiger partial charge in [0.25, 0.3) is 0 Å². The molecule has 3 N–H and O–H groups in total. The molecule has 1 saturated carbocycles. The zero-order chi connectivity index (χ0) is 12.5. The van der Waals surface area contributed by atoms with E-state index < -0.39 is 5.41 Å². The molecule has 1 aromatic rings. The summed E-state index contributed by atoms with van der Waals surface area (Å²) in [4.78, 5) is 12.1. The highest BCUT2D eigenvalue weighted by Crippen LogP contribution is 2.41. The number of carbonyl (C=O) groups is 1. The van der Waals surface area contributed by atoms with Crippen LogP contribution >= 0.6 is 23.2 Å². The first-order valence-electron chi connectivity index (χ1n) is 5.53. The summed E-state index contributed by atoms with van der Waals surface area (Å²) in [7, 11) is 0. The SMILES string of the molecule is NCC1(C(=O)Nc2cc(Cl)cc(Cl)c2)CCC1. The standard InChI is InChI=1S/C12H14Cl2N2O/c13-8-4-9(14)6-10(5-8)16-11(17)12(7-15)2-1-3-12/h4-6H,1-3,7,15H2,(H,16,17). The number of rotatable bonds is 3. The maximum Gasteiger partial charge on any atom is 0.231 e. The predicted molar refractivity (Wildman–Crippen MR) is 70.4 cm³/mol. The minimum Gasteiger partial charge on any atom is -0.329 e. The van der Waals surface area contributed by atoms with Crippen molar-refractivity contribution in [3.63, 3.8) is 0 Å². The lowest BCUT2D eigenvalue weighted by atomic mass is 9.68. The first-order chi connectivity index (χ1) is 8.05. The molecule has 0 atom stereocenters. The molecule has 1 aliphatic rings. The van der Waals surface area contributed by atoms with Crippen LogP contribution in [0.25, 0.3) is 0 Å². The lowest BCUT2D eigenvalue weighted by Crippen LogP contribution is -2.47. The summed E-state index contributed by atoms with van der Waals surface area (Å²) >= 11 is 11.7. The first kappa shape index (κ1) is 12.7. The molecule has 1 amide bonds. The highest BCUT2D eigenvalue weighted by atomic mass is 35.5. The number of nitrogens with two attached hydrogens (primary N) is 1. The van der Waals surface area contributed by atoms with Crippen molar-refractivity contribution >= 4 is 34.8 Å². The van der Waals surface area contributed by atoms with Crippen LogP contribution in [-0.4, -0.2) is 12.5 Å². The van der Waals surface area contributed by atoms with Crippen LogP contribution in [0.4, 0.5) is 5.69 Å². The molecule has 17 heavy (non-hydrogen) atoms. The molecular formula is C12H14Cl2N2O. The van der Waals surface area contributed by atoms with Gasteiger partial charge in [-0.25, -0.2) is 0 Å². The summed E-state index contributed by atoms with van der Waals surface area (Å²) < 4.78 is 0. The monoisotopic (exact) mass is 272 g/mol. The third-order valence-corrected chi connectivity index (χ3v) is 3.74. The molecule has 0 aromatic heterocycles. The molecule has 0 saturated heterocycles. The van der Waals surface area contributed by atoms with E-state index in [1.165, 1.54) is 0 Å². The van der Waals surface area contributed by atoms with Crippen molar-refractivity contribution in [2.75, 3.05) is 11.9 Å². The molecule has 2 rings (SSSR count). The number of benzene rings is 1. The molecule has 0 bridgehead atoms. The van der Waals surface area contributed by atoms with Crippen molar-refractivity contribution in [2.24, 2.45) is 11.1 Å². The molecule has 1 aliphatic carbocycles. The highest BCUT2D eigenvalue weighted by Gasteiger charge is 2.42. The van der Waals surface area contributed by atoms with Gasteiger partial charge in [-0.1, -0.05) is 29.6 Å². The van der Waals surface area contributed by atoms with Gasteiger partial charge in [0.15, 0.2) is 0 Å². The first-order valence-corrected chi connectivity index (χ1v) is 6.29. The van der Waals surface area contributed by atoms with Crippen molar-refractivity contribution in [3.8, 4) is 0 Å². The molecule has 0 unspecified atom stereocenters. The van der Waals surface area contributed by atoms with Crippen molar-refractivity contribution in [1.82, 2.24) is 0 Å². The lowest BCUT2D eigenvalue weighted by Gasteiger charge is -2.39. The van der Waals surface area contributed by atoms with E-state index in [-0.39, 0.29) is 5.91 Å². The summed E-state index contributed by atoms with van der Waals surface area (Å²) in [5.41, 5.74) is 5.89. The Hall–Kier alpha value is -0.770. The maximum atomic E-state index is 12.1. The Bertz CT molecular complexity index is 418. The van der Waals surface area contributed by atoms with Gasteiger partial charge in [0.1, 0.15) is 0 Å². The second kappa shape index (κ2) is 4.84. The summed E-state index contributed by atoms with van der Waals surface area (Å²) in [6.07, 6.45) is 2.76. The number of hydrogen-bond donors (Lipinski definition) is 2. The Morgan fingerprint density at radius 1 is 1.29 bits per heavy atom. The Balaban J connectivity index is 2.12. The van der Waals surface area contributed by atoms with Crippen LogP contribution in [0, 0.1) is 5.41 Å². The topological polar surface area (TPSA) is 55.1 Å². The molecule has 0 radical (unpaired) electrons. The number of nitrogens with one attached hydrogen (secondary N) is 1. The summed E-state index contributed by atoms with van der Waals surface area (Å²) in [6.45, 7) is 0.382. The van der Waals surface area contributed by atoms with E-state index in [1.54, 1.807) is 18.2 Å². The van der Waals surface area contributed by atoms with Crippen molar-refractivity contribution in [3.05, 3.63) is 28.2 Å². The van der Waals surface area contributed by atoms with Crippen molar-refractivity contribution in [1.29, 1.82) is 0 Å². The van der Waals surface area contributed by atoms with E-state index in [1.807, 2.05) is 0 Å². The van der Waals surface area contributed by atoms with Crippen LogP contribution in [0.1, 0.15) is 19.3 Å². The van der Waals surface area contributed by atoms with E-state index in [4.69, 9.17) is 28.9 Å². The zero-order valence-electron chi connectivity index (χ0n) is 9.30. The van der Waals surface area contributed by atoms with E-state index in [2.05, 4.69) is 5.32 Å². The Labute approximate surface area is 110 Å². The molecular weight excluding hydrogens is 259 g/mol. The van der Waals surface area contributed by atoms with E-state index in [9.17, 15) is 4.79 Å². The van der Waals surface area contributed by atoms with Gasteiger partial charge in [-0.3, -0.25) is 4.79 Å². The molecule has 3 nitrogen and oxygen atoms in total. The van der Waals surface area contributed by atoms with E-state index in [0.717, 1.165) is 19.3 Å². The van der Waals surface area contributed by atoms with Crippen LogP contribution in [0.3, 0.4) is 0 Å². The van der Waals surface area contributed by atoms with Crippen LogP contribution in [0.15, 0.2) is 18.2 Å². The zero-order valence-corrected chi connectivity index (χ0v) is 10.8. The summed E-state index contributed by atoms with van der Waals surface area (Å²) in [6, 6.07) is 4.98. The molecule has 92 valence electrons. The van der Waals surface area contributed by atoms with E-state index >= 15 is 0 Å². The minimum absolute atomic E-state index is 0.0374. The normalized spacial score (nSPS) is 17.4. The van der Waals surface area contributed by atoms with Crippen molar-refractivity contribution in [2.45, 2.75) is 19.3 Å². The van der Waals surface area contributed by atoms with Gasteiger partial charge in [0.05, 0.1) is 5.41 Å². The highest BCUT2D eigenvalue weighted by molar-refractivity contribution is 6.35. The summed E-state index contributed by atoms with van der Waals surface area (Å²) in [5.74, 6) is -0.0374. The average molecular weight is 273 g/mol. The fourth-order valence-corrected chi connectivity index (χ4v) is 2.54. The van der Waals surface area contributed by atoms with Gasteiger partial charge in [-0.15, -0.1) is 0 Å². The van der Waals surface area contributed by atoms with Gasteiger partial charge < -0.3 is 11.1 Å².